The fraction of sp³-hybridized carbons (Fsp3) is 0.200. The fourth-order valence-corrected chi connectivity index (χ4v) is 2.14. The Bertz CT molecular complexity index is 505. The molecule has 2 aromatic carbocycles. The molecule has 0 aliphatic heterocycles. The zero-order valence-corrected chi connectivity index (χ0v) is 9.58. The lowest BCUT2D eigenvalue weighted by Gasteiger charge is -2.25. The van der Waals surface area contributed by atoms with Gasteiger partial charge in [-0.1, -0.05) is 30.3 Å². The summed E-state index contributed by atoms with van der Waals surface area (Å²) < 4.78 is 0. The monoisotopic (exact) mass is 225 g/mol. The molecular weight excluding hydrogens is 210 g/mol. The van der Waals surface area contributed by atoms with Crippen LogP contribution in [-0.2, 0) is 0 Å². The van der Waals surface area contributed by atoms with Crippen LogP contribution in [0.5, 0.6) is 5.75 Å². The first-order chi connectivity index (χ1) is 8.36. The van der Waals surface area contributed by atoms with Crippen LogP contribution in [0.2, 0.25) is 0 Å². The maximum absolute atomic E-state index is 9.98. The molecule has 0 atom stereocenters. The highest BCUT2D eigenvalue weighted by Gasteiger charge is 2.31. The first-order valence-corrected chi connectivity index (χ1v) is 5.98. The summed E-state index contributed by atoms with van der Waals surface area (Å²) in [6.07, 6.45) is 2.40. The predicted octanol–water partition coefficient (Wildman–Crippen LogP) is 3.69. The highest BCUT2D eigenvalue weighted by Crippen LogP contribution is 2.41. The van der Waals surface area contributed by atoms with Gasteiger partial charge in [-0.15, -0.1) is 0 Å². The second-order valence-electron chi connectivity index (χ2n) is 4.43. The Kier molecular flexibility index (Phi) is 2.48. The molecule has 0 spiro atoms. The van der Waals surface area contributed by atoms with Crippen LogP contribution in [0.15, 0.2) is 54.6 Å². The molecule has 2 aromatic rings. The van der Waals surface area contributed by atoms with E-state index in [1.807, 2.05) is 36.4 Å². The van der Waals surface area contributed by atoms with Crippen LogP contribution in [0.25, 0.3) is 0 Å². The van der Waals surface area contributed by atoms with E-state index in [1.54, 1.807) is 6.07 Å². The molecule has 0 bridgehead atoms. The number of hydrogen-bond acceptors (Lipinski definition) is 2. The van der Waals surface area contributed by atoms with E-state index in [-0.39, 0.29) is 0 Å². The van der Waals surface area contributed by atoms with Crippen LogP contribution in [0, 0.1) is 0 Å². The molecule has 0 unspecified atom stereocenters. The molecule has 0 amide bonds. The third kappa shape index (κ3) is 1.98. The van der Waals surface area contributed by atoms with Gasteiger partial charge in [0.1, 0.15) is 5.75 Å². The number of phenolic OH excluding ortho intramolecular Hbond substituents is 1. The highest BCUT2D eigenvalue weighted by atomic mass is 16.3. The lowest BCUT2D eigenvalue weighted by atomic mass is 10.2. The van der Waals surface area contributed by atoms with Gasteiger partial charge >= 0.3 is 0 Å². The molecule has 0 saturated heterocycles. The van der Waals surface area contributed by atoms with Crippen molar-refractivity contribution in [3.63, 3.8) is 0 Å². The molecule has 1 saturated carbocycles. The Morgan fingerprint density at radius 2 is 1.53 bits per heavy atom. The number of benzene rings is 2. The molecule has 86 valence electrons. The Hall–Kier alpha value is -1.96. The Labute approximate surface area is 101 Å². The van der Waals surface area contributed by atoms with Crippen molar-refractivity contribution in [3.8, 4) is 5.75 Å². The van der Waals surface area contributed by atoms with Crippen molar-refractivity contribution in [2.75, 3.05) is 4.90 Å². The van der Waals surface area contributed by atoms with Crippen molar-refractivity contribution in [2.45, 2.75) is 18.9 Å². The minimum absolute atomic E-state index is 0.350. The molecule has 3 rings (SSSR count). The third-order valence-electron chi connectivity index (χ3n) is 3.09. The topological polar surface area (TPSA) is 23.5 Å². The maximum Gasteiger partial charge on any atom is 0.139 e. The van der Waals surface area contributed by atoms with E-state index in [0.717, 1.165) is 11.4 Å². The van der Waals surface area contributed by atoms with E-state index in [2.05, 4.69) is 17.0 Å². The molecule has 0 radical (unpaired) electrons. The standard InChI is InChI=1S/C15H15NO/c17-15-9-5-4-8-14(15)16(13-10-11-13)12-6-2-1-3-7-12/h1-9,13,17H,10-11H2. The van der Waals surface area contributed by atoms with Crippen LogP contribution < -0.4 is 4.90 Å². The van der Waals surface area contributed by atoms with Gasteiger partial charge in [-0.05, 0) is 37.1 Å². The van der Waals surface area contributed by atoms with E-state index in [4.69, 9.17) is 0 Å². The van der Waals surface area contributed by atoms with Gasteiger partial charge in [-0.25, -0.2) is 0 Å². The van der Waals surface area contributed by atoms with E-state index >= 15 is 0 Å². The van der Waals surface area contributed by atoms with E-state index in [0.29, 0.717) is 11.8 Å². The van der Waals surface area contributed by atoms with Crippen molar-refractivity contribution in [1.82, 2.24) is 0 Å². The Balaban J connectivity index is 2.04. The number of nitrogens with zero attached hydrogens (tertiary/aromatic N) is 1. The molecule has 1 aliphatic rings. The molecule has 1 aliphatic carbocycles. The van der Waals surface area contributed by atoms with Gasteiger partial charge in [-0.3, -0.25) is 0 Å². The van der Waals surface area contributed by atoms with E-state index in [1.165, 1.54) is 12.8 Å². The molecule has 1 fully saturated rings. The van der Waals surface area contributed by atoms with E-state index < -0.39 is 0 Å². The lowest BCUT2D eigenvalue weighted by Crippen LogP contribution is -2.19. The predicted molar refractivity (Wildman–Crippen MR) is 69.7 cm³/mol. The van der Waals surface area contributed by atoms with Crippen LogP contribution >= 0.6 is 0 Å². The van der Waals surface area contributed by atoms with Crippen molar-refractivity contribution < 1.29 is 5.11 Å². The first-order valence-electron chi connectivity index (χ1n) is 5.98. The lowest BCUT2D eigenvalue weighted by molar-refractivity contribution is 0.475. The fourth-order valence-electron chi connectivity index (χ4n) is 2.14. The molecule has 2 nitrogen and oxygen atoms in total. The van der Waals surface area contributed by atoms with Crippen molar-refractivity contribution in [1.29, 1.82) is 0 Å². The number of para-hydroxylation sites is 3. The molecule has 2 heteroatoms. The number of aromatic hydroxyl groups is 1. The van der Waals surface area contributed by atoms with Gasteiger partial charge in [0.05, 0.1) is 5.69 Å². The number of anilines is 2. The Morgan fingerprint density at radius 3 is 2.18 bits per heavy atom. The van der Waals surface area contributed by atoms with Gasteiger partial charge < -0.3 is 10.0 Å². The van der Waals surface area contributed by atoms with Gasteiger partial charge in [-0.2, -0.15) is 0 Å². The molecule has 17 heavy (non-hydrogen) atoms. The minimum Gasteiger partial charge on any atom is -0.506 e. The highest BCUT2D eigenvalue weighted by molar-refractivity contribution is 5.70. The summed E-state index contributed by atoms with van der Waals surface area (Å²) >= 11 is 0. The van der Waals surface area contributed by atoms with E-state index in [9.17, 15) is 5.11 Å². The van der Waals surface area contributed by atoms with Crippen LogP contribution in [0.4, 0.5) is 11.4 Å². The number of hydrogen-bond donors (Lipinski definition) is 1. The smallest absolute Gasteiger partial charge is 0.139 e. The average molecular weight is 225 g/mol. The normalized spacial score (nSPS) is 14.6. The molecule has 0 heterocycles. The summed E-state index contributed by atoms with van der Waals surface area (Å²) in [5.74, 6) is 0.350. The summed E-state index contributed by atoms with van der Waals surface area (Å²) in [5.41, 5.74) is 2.05. The summed E-state index contributed by atoms with van der Waals surface area (Å²) in [4.78, 5) is 2.23. The second kappa shape index (κ2) is 4.13. The van der Waals surface area contributed by atoms with Crippen LogP contribution in [0.1, 0.15) is 12.8 Å². The molecule has 0 aromatic heterocycles. The zero-order valence-electron chi connectivity index (χ0n) is 9.58. The number of rotatable bonds is 3. The Morgan fingerprint density at radius 1 is 0.882 bits per heavy atom. The van der Waals surface area contributed by atoms with Crippen molar-refractivity contribution in [2.24, 2.45) is 0 Å². The second-order valence-corrected chi connectivity index (χ2v) is 4.43. The minimum atomic E-state index is 0.350. The maximum atomic E-state index is 9.98. The third-order valence-corrected chi connectivity index (χ3v) is 3.09. The van der Waals surface area contributed by atoms with Gasteiger partial charge in [0.2, 0.25) is 0 Å². The summed E-state index contributed by atoms with van der Waals surface area (Å²) in [6.45, 7) is 0. The first kappa shape index (κ1) is 10.2. The molecular formula is C15H15NO. The van der Waals surface area contributed by atoms with Crippen molar-refractivity contribution >= 4 is 11.4 Å². The largest absolute Gasteiger partial charge is 0.506 e. The number of phenols is 1. The summed E-state index contributed by atoms with van der Waals surface area (Å²) in [7, 11) is 0. The van der Waals surface area contributed by atoms with Gasteiger partial charge in [0.25, 0.3) is 0 Å². The summed E-state index contributed by atoms with van der Waals surface area (Å²) in [6, 6.07) is 18.3. The van der Waals surface area contributed by atoms with Crippen molar-refractivity contribution in [3.05, 3.63) is 54.6 Å². The zero-order chi connectivity index (χ0) is 11.7. The van der Waals surface area contributed by atoms with Crippen LogP contribution in [0.3, 0.4) is 0 Å². The summed E-state index contributed by atoms with van der Waals surface area (Å²) in [5, 5.41) is 9.98. The SMILES string of the molecule is Oc1ccccc1N(c1ccccc1)C1CC1. The average Bonchev–Trinajstić information content (AvgIpc) is 3.18. The van der Waals surface area contributed by atoms with Gasteiger partial charge in [0.15, 0.2) is 0 Å². The van der Waals surface area contributed by atoms with Crippen LogP contribution in [-0.4, -0.2) is 11.1 Å². The quantitative estimate of drug-likeness (QED) is 0.861. The molecule has 1 N–H and O–H groups in total. The van der Waals surface area contributed by atoms with Gasteiger partial charge in [0, 0.05) is 11.7 Å².